The van der Waals surface area contributed by atoms with Crippen LogP contribution in [0.3, 0.4) is 0 Å². The zero-order chi connectivity index (χ0) is 22.1. The van der Waals surface area contributed by atoms with Crippen molar-refractivity contribution in [1.82, 2.24) is 4.72 Å². The minimum Gasteiger partial charge on any atom is -0.486 e. The largest absolute Gasteiger partial charge is 0.486 e. The Kier molecular flexibility index (Phi) is 14.2. The molecule has 1 aromatic rings. The third-order valence-corrected chi connectivity index (χ3v) is 6.59. The van der Waals surface area contributed by atoms with Crippen molar-refractivity contribution in [3.05, 3.63) is 23.2 Å². The number of hydrogen-bond donors (Lipinski definition) is 1. The van der Waals surface area contributed by atoms with Gasteiger partial charge < -0.3 is 4.74 Å². The Morgan fingerprint density at radius 1 is 0.867 bits per heavy atom. The summed E-state index contributed by atoms with van der Waals surface area (Å²) in [6.07, 6.45) is 15.7. The van der Waals surface area contributed by atoms with Crippen molar-refractivity contribution in [1.29, 1.82) is 5.39 Å². The average Bonchev–Trinajstić information content (AvgIpc) is 2.75. The Hall–Kier alpha value is -1.65. The molecule has 0 aromatic heterocycles. The molecular weight excluding hydrogens is 398 g/mol. The van der Waals surface area contributed by atoms with Gasteiger partial charge in [0.1, 0.15) is 0 Å². The third kappa shape index (κ3) is 10.9. The molecule has 0 atom stereocenters. The summed E-state index contributed by atoms with van der Waals surface area (Å²) in [5, 5.41) is 9.14. The zero-order valence-corrected chi connectivity index (χ0v) is 19.7. The Morgan fingerprint density at radius 2 is 1.43 bits per heavy atom. The molecule has 1 rings (SSSR count). The molecular formula is C23H40N3O3S+. The number of hydrogen-bond acceptors (Lipinski definition) is 4. The van der Waals surface area contributed by atoms with Gasteiger partial charge in [-0.15, -0.1) is 0 Å². The van der Waals surface area contributed by atoms with Gasteiger partial charge in [0.2, 0.25) is 21.2 Å². The molecule has 6 nitrogen and oxygen atoms in total. The first-order chi connectivity index (χ1) is 14.5. The van der Waals surface area contributed by atoms with E-state index < -0.39 is 10.0 Å². The second-order valence-corrected chi connectivity index (χ2v) is 9.63. The number of nitrogens with zero attached hydrogens (tertiary/aromatic N) is 2. The topological polar surface area (TPSA) is 83.6 Å². The summed E-state index contributed by atoms with van der Waals surface area (Å²) in [5.41, 5.74) is 0.122. The van der Waals surface area contributed by atoms with Gasteiger partial charge in [-0.05, 0) is 25.0 Å². The molecule has 0 amide bonds. The SMILES string of the molecule is CCCCCCCCCCCCCCNS(=O)(=O)c1ccc(OCCC)c([N+]#N)c1. The molecule has 0 heterocycles. The summed E-state index contributed by atoms with van der Waals surface area (Å²) < 4.78 is 33.0. The van der Waals surface area contributed by atoms with E-state index in [2.05, 4.69) is 16.6 Å². The lowest BCUT2D eigenvalue weighted by Gasteiger charge is -2.07. The van der Waals surface area contributed by atoms with Crippen LogP contribution in [0.15, 0.2) is 23.1 Å². The van der Waals surface area contributed by atoms with Crippen LogP contribution in [0.1, 0.15) is 97.3 Å². The van der Waals surface area contributed by atoms with Gasteiger partial charge >= 0.3 is 5.69 Å². The molecule has 0 spiro atoms. The van der Waals surface area contributed by atoms with E-state index in [9.17, 15) is 8.42 Å². The summed E-state index contributed by atoms with van der Waals surface area (Å²) in [4.78, 5) is 3.23. The van der Waals surface area contributed by atoms with Gasteiger partial charge in [0.05, 0.1) is 17.6 Å². The van der Waals surface area contributed by atoms with Crippen LogP contribution in [0.5, 0.6) is 5.75 Å². The number of ether oxygens (including phenoxy) is 1. The Bertz CT molecular complexity index is 730. The van der Waals surface area contributed by atoms with Gasteiger partial charge in [-0.25, -0.2) is 13.1 Å². The van der Waals surface area contributed by atoms with Crippen molar-refractivity contribution < 1.29 is 13.2 Å². The summed E-state index contributed by atoms with van der Waals surface area (Å²) in [6.45, 7) is 5.11. The maximum atomic E-state index is 12.5. The van der Waals surface area contributed by atoms with Crippen LogP contribution in [0.4, 0.5) is 5.69 Å². The van der Waals surface area contributed by atoms with E-state index in [4.69, 9.17) is 10.1 Å². The summed E-state index contributed by atoms with van der Waals surface area (Å²) >= 11 is 0. The van der Waals surface area contributed by atoms with Crippen LogP contribution in [0, 0.1) is 5.39 Å². The lowest BCUT2D eigenvalue weighted by atomic mass is 10.1. The Labute approximate surface area is 183 Å². The van der Waals surface area contributed by atoms with Crippen molar-refractivity contribution in [2.24, 2.45) is 0 Å². The van der Waals surface area contributed by atoms with Crippen molar-refractivity contribution in [2.45, 2.75) is 102 Å². The highest BCUT2D eigenvalue weighted by Gasteiger charge is 2.22. The fraction of sp³-hybridized carbons (Fsp3) is 0.739. The summed E-state index contributed by atoms with van der Waals surface area (Å²) in [6, 6.07) is 4.34. The van der Waals surface area contributed by atoms with Gasteiger partial charge in [0, 0.05) is 6.54 Å². The van der Waals surface area contributed by atoms with Gasteiger partial charge in [-0.1, -0.05) is 84.5 Å². The zero-order valence-electron chi connectivity index (χ0n) is 18.9. The maximum Gasteiger partial charge on any atom is 0.427 e. The van der Waals surface area contributed by atoms with Crippen LogP contribution in [0.25, 0.3) is 4.98 Å². The number of rotatable bonds is 18. The first-order valence-electron chi connectivity index (χ1n) is 11.7. The van der Waals surface area contributed by atoms with Crippen molar-refractivity contribution >= 4 is 15.7 Å². The van der Waals surface area contributed by atoms with Crippen molar-refractivity contribution in [3.63, 3.8) is 0 Å². The number of diazo groups is 1. The van der Waals surface area contributed by atoms with E-state index in [1.54, 1.807) is 0 Å². The highest BCUT2D eigenvalue weighted by molar-refractivity contribution is 7.89. The van der Waals surface area contributed by atoms with Crippen LogP contribution < -0.4 is 9.46 Å². The minimum absolute atomic E-state index is 0.0816. The minimum atomic E-state index is -3.62. The average molecular weight is 439 g/mol. The lowest BCUT2D eigenvalue weighted by molar-refractivity contribution is 0.319. The van der Waals surface area contributed by atoms with Gasteiger partial charge in [-0.3, -0.25) is 0 Å². The second-order valence-electron chi connectivity index (χ2n) is 7.86. The molecule has 0 aliphatic carbocycles. The van der Waals surface area contributed by atoms with E-state index in [0.717, 1.165) is 25.7 Å². The molecule has 0 saturated carbocycles. The molecule has 1 N–H and O–H groups in total. The first kappa shape index (κ1) is 26.4. The third-order valence-electron chi connectivity index (χ3n) is 5.13. The standard InChI is InChI=1S/C23H40N3O3S/c1-3-5-6-7-8-9-10-11-12-13-14-15-18-25-30(27,28)21-16-17-23(29-19-4-2)22(20-21)26-24/h16-17,20,25H,3-15,18-19H2,1-2H3/q+1. The monoisotopic (exact) mass is 438 g/mol. The molecule has 0 fully saturated rings. The number of nitrogens with one attached hydrogen (secondary N) is 1. The van der Waals surface area contributed by atoms with Crippen LogP contribution in [-0.2, 0) is 10.0 Å². The van der Waals surface area contributed by atoms with Crippen LogP contribution >= 0.6 is 0 Å². The van der Waals surface area contributed by atoms with Gasteiger partial charge in [0.15, 0.2) is 4.98 Å². The van der Waals surface area contributed by atoms with Crippen molar-refractivity contribution in [3.8, 4) is 5.75 Å². The predicted octanol–water partition coefficient (Wildman–Crippen LogP) is 6.94. The molecule has 30 heavy (non-hydrogen) atoms. The molecule has 0 radical (unpaired) electrons. The number of benzene rings is 1. The quantitative estimate of drug-likeness (QED) is 0.199. The molecule has 1 aromatic carbocycles. The molecule has 7 heteroatoms. The van der Waals surface area contributed by atoms with Crippen LogP contribution in [0.2, 0.25) is 0 Å². The summed E-state index contributed by atoms with van der Waals surface area (Å²) in [7, 11) is -3.62. The van der Waals surface area contributed by atoms with E-state index in [-0.39, 0.29) is 10.6 Å². The lowest BCUT2D eigenvalue weighted by Crippen LogP contribution is -2.24. The number of unbranched alkanes of at least 4 members (excludes halogenated alkanes) is 11. The molecule has 0 bridgehead atoms. The molecule has 0 unspecified atom stereocenters. The predicted molar refractivity (Wildman–Crippen MR) is 123 cm³/mol. The van der Waals surface area contributed by atoms with E-state index in [1.165, 1.54) is 76.0 Å². The molecule has 0 aliphatic rings. The van der Waals surface area contributed by atoms with E-state index in [0.29, 0.717) is 18.9 Å². The molecule has 170 valence electrons. The number of sulfonamides is 1. The van der Waals surface area contributed by atoms with Gasteiger partial charge in [-0.2, -0.15) is 0 Å². The van der Waals surface area contributed by atoms with Gasteiger partial charge in [0.25, 0.3) is 0 Å². The fourth-order valence-corrected chi connectivity index (χ4v) is 4.43. The summed E-state index contributed by atoms with van der Waals surface area (Å²) in [5.74, 6) is 0.374. The highest BCUT2D eigenvalue weighted by Crippen LogP contribution is 2.30. The second kappa shape index (κ2) is 16.1. The first-order valence-corrected chi connectivity index (χ1v) is 13.1. The Morgan fingerprint density at radius 3 is 1.97 bits per heavy atom. The van der Waals surface area contributed by atoms with E-state index >= 15 is 0 Å². The Balaban J connectivity index is 2.21. The van der Waals surface area contributed by atoms with Crippen molar-refractivity contribution in [2.75, 3.05) is 13.2 Å². The normalized spacial score (nSPS) is 11.4. The smallest absolute Gasteiger partial charge is 0.427 e. The van der Waals surface area contributed by atoms with Crippen LogP contribution in [-0.4, -0.2) is 21.6 Å². The fourth-order valence-electron chi connectivity index (χ4n) is 3.33. The molecule has 0 aliphatic heterocycles. The van der Waals surface area contributed by atoms with E-state index in [1.807, 2.05) is 6.92 Å². The maximum absolute atomic E-state index is 12.5. The molecule has 0 saturated heterocycles. The highest BCUT2D eigenvalue weighted by atomic mass is 32.2.